The van der Waals surface area contributed by atoms with Crippen LogP contribution in [-0.4, -0.2) is 72.8 Å². The number of sulfonamides is 1. The minimum absolute atomic E-state index is 0.0835. The fraction of sp³-hybridized carbons (Fsp3) is 0.429. The van der Waals surface area contributed by atoms with Crippen molar-refractivity contribution in [3.8, 4) is 0 Å². The van der Waals surface area contributed by atoms with Crippen molar-refractivity contribution in [1.82, 2.24) is 14.9 Å². The summed E-state index contributed by atoms with van der Waals surface area (Å²) in [5.74, 6) is -0.881. The molecule has 3 aromatic carbocycles. The number of carbonyl (C=O) groups is 2. The SMILES string of the molecule is COC(=O)N[C@H](C(=O)N[C@@H](C)CCC[C@@H](CO)N(C(C)C)S(=O)(=O)c1ccc([C@@H](C)O)cc1)C(c1ccccc1)c1ccccc1. The van der Waals surface area contributed by atoms with Gasteiger partial charge in [0.05, 0.1) is 24.7 Å². The molecule has 3 rings (SSSR count). The van der Waals surface area contributed by atoms with Crippen molar-refractivity contribution in [2.75, 3.05) is 13.7 Å². The number of carbonyl (C=O) groups excluding carboxylic acids is 2. The van der Waals surface area contributed by atoms with Crippen molar-refractivity contribution >= 4 is 22.0 Å². The summed E-state index contributed by atoms with van der Waals surface area (Å²) < 4.78 is 33.5. The number of alkyl carbamates (subject to hydrolysis) is 1. The summed E-state index contributed by atoms with van der Waals surface area (Å²) in [6, 6.07) is 22.6. The summed E-state index contributed by atoms with van der Waals surface area (Å²) in [5.41, 5.74) is 2.30. The molecule has 3 aromatic rings. The molecule has 46 heavy (non-hydrogen) atoms. The topological polar surface area (TPSA) is 145 Å². The number of nitrogens with one attached hydrogen (secondary N) is 2. The molecule has 250 valence electrons. The van der Waals surface area contributed by atoms with E-state index in [-0.39, 0.29) is 23.5 Å². The molecule has 0 bridgehead atoms. The Kier molecular flexibility index (Phi) is 13.7. The van der Waals surface area contributed by atoms with E-state index in [0.29, 0.717) is 24.8 Å². The maximum absolute atomic E-state index is 13.8. The van der Waals surface area contributed by atoms with Crippen molar-refractivity contribution in [1.29, 1.82) is 0 Å². The Labute approximate surface area is 272 Å². The molecular formula is C35H47N3O7S. The van der Waals surface area contributed by atoms with Gasteiger partial charge in [-0.25, -0.2) is 13.2 Å². The second-order valence-electron chi connectivity index (χ2n) is 11.8. The highest BCUT2D eigenvalue weighted by atomic mass is 32.2. The van der Waals surface area contributed by atoms with Crippen LogP contribution >= 0.6 is 0 Å². The molecule has 0 aliphatic carbocycles. The minimum atomic E-state index is -3.94. The quantitative estimate of drug-likeness (QED) is 0.175. The van der Waals surface area contributed by atoms with Gasteiger partial charge in [0, 0.05) is 24.0 Å². The normalized spacial score (nSPS) is 14.5. The first kappa shape index (κ1) is 36.7. The Hall–Kier alpha value is -3.77. The van der Waals surface area contributed by atoms with Gasteiger partial charge in [-0.15, -0.1) is 0 Å². The van der Waals surface area contributed by atoms with Gasteiger partial charge in [0.15, 0.2) is 0 Å². The third-order valence-electron chi connectivity index (χ3n) is 7.97. The van der Waals surface area contributed by atoms with Crippen molar-refractivity contribution < 1.29 is 33.0 Å². The first-order valence-electron chi connectivity index (χ1n) is 15.6. The molecule has 0 heterocycles. The Morgan fingerprint density at radius 1 is 0.804 bits per heavy atom. The van der Waals surface area contributed by atoms with Gasteiger partial charge < -0.3 is 25.6 Å². The maximum Gasteiger partial charge on any atom is 0.407 e. The number of hydrogen-bond acceptors (Lipinski definition) is 7. The van der Waals surface area contributed by atoms with E-state index in [0.717, 1.165) is 11.1 Å². The van der Waals surface area contributed by atoms with E-state index in [2.05, 4.69) is 10.6 Å². The molecule has 0 saturated carbocycles. The molecule has 0 fully saturated rings. The number of aliphatic hydroxyl groups is 2. The number of benzene rings is 3. The third kappa shape index (κ3) is 9.62. The standard InChI is InChI=1S/C35H47N3O7S/c1-24(2)38(46(43,44)31-21-19-27(20-22-31)26(4)40)30(23-39)18-12-13-25(3)36-34(41)33(37-35(42)45-5)32(28-14-8-6-9-15-28)29-16-10-7-11-17-29/h6-11,14-17,19-22,24-26,30,32-33,39-40H,12-13,18,23H2,1-5H3,(H,36,41)(H,37,42)/t25-,26+,30-,33-/m0/s1. The van der Waals surface area contributed by atoms with Crippen LogP contribution in [0, 0.1) is 0 Å². The summed E-state index contributed by atoms with van der Waals surface area (Å²) in [7, 11) is -2.70. The van der Waals surface area contributed by atoms with Gasteiger partial charge in [0.25, 0.3) is 0 Å². The lowest BCUT2D eigenvalue weighted by molar-refractivity contribution is -0.124. The first-order chi connectivity index (χ1) is 21.9. The summed E-state index contributed by atoms with van der Waals surface area (Å²) >= 11 is 0. The van der Waals surface area contributed by atoms with E-state index in [4.69, 9.17) is 4.74 Å². The van der Waals surface area contributed by atoms with Gasteiger partial charge in [0.1, 0.15) is 6.04 Å². The zero-order chi connectivity index (χ0) is 33.9. The molecule has 0 unspecified atom stereocenters. The van der Waals surface area contributed by atoms with E-state index >= 15 is 0 Å². The van der Waals surface area contributed by atoms with Gasteiger partial charge in [-0.05, 0) is 75.8 Å². The van der Waals surface area contributed by atoms with Gasteiger partial charge in [-0.3, -0.25) is 4.79 Å². The second-order valence-corrected chi connectivity index (χ2v) is 13.6. The van der Waals surface area contributed by atoms with Crippen LogP contribution in [0.1, 0.15) is 75.7 Å². The summed E-state index contributed by atoms with van der Waals surface area (Å²) in [5, 5.41) is 25.8. The molecular weight excluding hydrogens is 606 g/mol. The average Bonchev–Trinajstić information content (AvgIpc) is 3.04. The van der Waals surface area contributed by atoms with Crippen molar-refractivity contribution in [3.63, 3.8) is 0 Å². The molecule has 0 aromatic heterocycles. The predicted molar refractivity (Wildman–Crippen MR) is 178 cm³/mol. The third-order valence-corrected chi connectivity index (χ3v) is 10.1. The van der Waals surface area contributed by atoms with Gasteiger partial charge in [-0.2, -0.15) is 4.31 Å². The predicted octanol–water partition coefficient (Wildman–Crippen LogP) is 4.73. The number of methoxy groups -OCH3 is 1. The number of hydrogen-bond donors (Lipinski definition) is 4. The summed E-state index contributed by atoms with van der Waals surface area (Å²) in [6.07, 6.45) is -0.0719. The molecule has 11 heteroatoms. The zero-order valence-electron chi connectivity index (χ0n) is 27.2. The lowest BCUT2D eigenvalue weighted by Gasteiger charge is -2.33. The fourth-order valence-corrected chi connectivity index (χ4v) is 7.53. The van der Waals surface area contributed by atoms with E-state index in [9.17, 15) is 28.2 Å². The molecule has 2 amide bonds. The maximum atomic E-state index is 13.8. The lowest BCUT2D eigenvalue weighted by Crippen LogP contribution is -2.52. The van der Waals surface area contributed by atoms with E-state index < -0.39 is 46.3 Å². The zero-order valence-corrected chi connectivity index (χ0v) is 28.0. The molecule has 0 aliphatic heterocycles. The number of ether oxygens (including phenoxy) is 1. The minimum Gasteiger partial charge on any atom is -0.453 e. The second kappa shape index (κ2) is 17.2. The molecule has 0 saturated heterocycles. The van der Waals surface area contributed by atoms with Crippen LogP contribution in [0.2, 0.25) is 0 Å². The molecule has 0 spiro atoms. The Balaban J connectivity index is 1.74. The number of nitrogens with zero attached hydrogens (tertiary/aromatic N) is 1. The van der Waals surface area contributed by atoms with E-state index in [1.54, 1.807) is 32.9 Å². The molecule has 4 atom stereocenters. The smallest absolute Gasteiger partial charge is 0.407 e. The van der Waals surface area contributed by atoms with Gasteiger partial charge >= 0.3 is 6.09 Å². The molecule has 0 aliphatic rings. The van der Waals surface area contributed by atoms with Crippen LogP contribution in [-0.2, 0) is 19.6 Å². The van der Waals surface area contributed by atoms with Crippen LogP contribution in [0.5, 0.6) is 0 Å². The van der Waals surface area contributed by atoms with Crippen LogP contribution < -0.4 is 10.6 Å². The highest BCUT2D eigenvalue weighted by Crippen LogP contribution is 2.29. The van der Waals surface area contributed by atoms with Crippen LogP contribution in [0.25, 0.3) is 0 Å². The number of rotatable bonds is 16. The van der Waals surface area contributed by atoms with Crippen molar-refractivity contribution in [3.05, 3.63) is 102 Å². The Morgan fingerprint density at radius 3 is 1.80 bits per heavy atom. The largest absolute Gasteiger partial charge is 0.453 e. The summed E-state index contributed by atoms with van der Waals surface area (Å²) in [4.78, 5) is 26.3. The van der Waals surface area contributed by atoms with E-state index in [1.165, 1.54) is 23.5 Å². The highest BCUT2D eigenvalue weighted by Gasteiger charge is 2.35. The Morgan fingerprint density at radius 2 is 1.35 bits per heavy atom. The number of aliphatic hydroxyl groups excluding tert-OH is 2. The molecule has 4 N–H and O–H groups in total. The monoisotopic (exact) mass is 653 g/mol. The average molecular weight is 654 g/mol. The molecule has 0 radical (unpaired) electrons. The fourth-order valence-electron chi connectivity index (χ4n) is 5.68. The van der Waals surface area contributed by atoms with Gasteiger partial charge in [-0.1, -0.05) is 72.8 Å². The van der Waals surface area contributed by atoms with Crippen LogP contribution in [0.15, 0.2) is 89.8 Å². The van der Waals surface area contributed by atoms with Crippen LogP contribution in [0.4, 0.5) is 4.79 Å². The Bertz CT molecular complexity index is 1440. The van der Waals surface area contributed by atoms with Gasteiger partial charge in [0.2, 0.25) is 15.9 Å². The van der Waals surface area contributed by atoms with Crippen LogP contribution in [0.3, 0.4) is 0 Å². The number of amides is 2. The summed E-state index contributed by atoms with van der Waals surface area (Å²) in [6.45, 7) is 6.61. The lowest BCUT2D eigenvalue weighted by atomic mass is 9.84. The molecule has 10 nitrogen and oxygen atoms in total. The van der Waals surface area contributed by atoms with E-state index in [1.807, 2.05) is 67.6 Å². The van der Waals surface area contributed by atoms with Crippen molar-refractivity contribution in [2.24, 2.45) is 0 Å². The van der Waals surface area contributed by atoms with Crippen molar-refractivity contribution in [2.45, 2.75) is 88.0 Å². The highest BCUT2D eigenvalue weighted by molar-refractivity contribution is 7.89. The first-order valence-corrected chi connectivity index (χ1v) is 17.0.